The Morgan fingerprint density at radius 1 is 1.29 bits per heavy atom. The topological polar surface area (TPSA) is 93.5 Å². The van der Waals surface area contributed by atoms with Gasteiger partial charge in [-0.1, -0.05) is 12.2 Å². The number of benzene rings is 1. The Bertz CT molecular complexity index is 584. The van der Waals surface area contributed by atoms with Crippen LogP contribution < -0.4 is 21.1 Å². The van der Waals surface area contributed by atoms with Gasteiger partial charge in [0.2, 0.25) is 11.8 Å². The lowest BCUT2D eigenvalue weighted by molar-refractivity contribution is -0.118. The summed E-state index contributed by atoms with van der Waals surface area (Å²) in [6.07, 6.45) is 4.24. The van der Waals surface area contributed by atoms with Crippen LogP contribution >= 0.6 is 0 Å². The number of nitrogens with two attached hydrogens (primary N) is 1. The molecule has 1 aromatic rings. The average molecular weight is 289 g/mol. The van der Waals surface area contributed by atoms with Crippen LogP contribution in [0.2, 0.25) is 0 Å². The lowest BCUT2D eigenvalue weighted by Crippen LogP contribution is -2.24. The van der Waals surface area contributed by atoms with Gasteiger partial charge in [0.1, 0.15) is 5.75 Å². The van der Waals surface area contributed by atoms with Crippen molar-refractivity contribution in [3.05, 3.63) is 30.4 Å². The maximum absolute atomic E-state index is 12.2. The van der Waals surface area contributed by atoms with Crippen molar-refractivity contribution in [1.82, 2.24) is 0 Å². The number of methoxy groups -OCH3 is 1. The summed E-state index contributed by atoms with van der Waals surface area (Å²) in [7, 11) is 1.52. The molecule has 2 amide bonds. The first-order valence-corrected chi connectivity index (χ1v) is 6.70. The predicted molar refractivity (Wildman–Crippen MR) is 81.1 cm³/mol. The van der Waals surface area contributed by atoms with E-state index in [-0.39, 0.29) is 23.8 Å². The molecule has 2 unspecified atom stereocenters. The van der Waals surface area contributed by atoms with E-state index in [0.717, 1.165) is 0 Å². The van der Waals surface area contributed by atoms with E-state index in [9.17, 15) is 9.59 Å². The number of nitrogens with one attached hydrogen (secondary N) is 2. The number of hydrogen-bond donors (Lipinski definition) is 3. The van der Waals surface area contributed by atoms with Gasteiger partial charge in [-0.3, -0.25) is 9.59 Å². The van der Waals surface area contributed by atoms with Crippen LogP contribution in [0.5, 0.6) is 5.75 Å². The smallest absolute Gasteiger partial charge is 0.231 e. The zero-order chi connectivity index (χ0) is 15.4. The molecule has 0 saturated heterocycles. The van der Waals surface area contributed by atoms with Gasteiger partial charge in [-0.15, -0.1) is 0 Å². The van der Waals surface area contributed by atoms with E-state index >= 15 is 0 Å². The molecule has 6 heteroatoms. The third-order valence-electron chi connectivity index (χ3n) is 3.23. The fraction of sp³-hybridized carbons (Fsp3) is 0.333. The van der Waals surface area contributed by atoms with Crippen molar-refractivity contribution in [1.29, 1.82) is 0 Å². The van der Waals surface area contributed by atoms with E-state index in [1.807, 2.05) is 12.2 Å². The number of rotatable bonds is 4. The van der Waals surface area contributed by atoms with Crippen molar-refractivity contribution in [3.8, 4) is 5.75 Å². The van der Waals surface area contributed by atoms with E-state index < -0.39 is 0 Å². The lowest BCUT2D eigenvalue weighted by atomic mass is 10.1. The predicted octanol–water partition coefficient (Wildman–Crippen LogP) is 1.50. The Balaban J connectivity index is 2.15. The van der Waals surface area contributed by atoms with Crippen LogP contribution in [-0.2, 0) is 9.59 Å². The highest BCUT2D eigenvalue weighted by Crippen LogP contribution is 2.29. The minimum atomic E-state index is -0.242. The van der Waals surface area contributed by atoms with Crippen LogP contribution in [0.1, 0.15) is 13.3 Å². The first-order valence-electron chi connectivity index (χ1n) is 6.70. The molecule has 0 heterocycles. The first kappa shape index (κ1) is 15.1. The van der Waals surface area contributed by atoms with Crippen LogP contribution in [0, 0.1) is 5.92 Å². The second-order valence-electron chi connectivity index (χ2n) is 4.98. The molecule has 0 bridgehead atoms. The Hall–Kier alpha value is -2.34. The SMILES string of the molecule is COc1ccc(NC(C)=O)cc1NC(=O)C1C=CC(N)C1. The number of carbonyl (C=O) groups excluding carboxylic acids is 2. The summed E-state index contributed by atoms with van der Waals surface area (Å²) >= 11 is 0. The number of amides is 2. The second kappa shape index (κ2) is 6.41. The largest absolute Gasteiger partial charge is 0.495 e. The van der Waals surface area contributed by atoms with E-state index in [2.05, 4.69) is 10.6 Å². The molecule has 0 aromatic heterocycles. The summed E-state index contributed by atoms with van der Waals surface area (Å²) in [6, 6.07) is 4.99. The second-order valence-corrected chi connectivity index (χ2v) is 4.98. The highest BCUT2D eigenvalue weighted by atomic mass is 16.5. The monoisotopic (exact) mass is 289 g/mol. The van der Waals surface area contributed by atoms with Gasteiger partial charge in [0.05, 0.1) is 18.7 Å². The molecule has 2 atom stereocenters. The Morgan fingerprint density at radius 2 is 2.05 bits per heavy atom. The number of carbonyl (C=O) groups is 2. The van der Waals surface area contributed by atoms with E-state index in [4.69, 9.17) is 10.5 Å². The molecule has 1 aliphatic carbocycles. The molecule has 0 spiro atoms. The molecule has 0 aliphatic heterocycles. The molecular weight excluding hydrogens is 270 g/mol. The van der Waals surface area contributed by atoms with Gasteiger partial charge in [0.25, 0.3) is 0 Å². The molecule has 0 saturated carbocycles. The van der Waals surface area contributed by atoms with Crippen LogP contribution in [0.25, 0.3) is 0 Å². The fourth-order valence-electron chi connectivity index (χ4n) is 2.23. The van der Waals surface area contributed by atoms with Gasteiger partial charge >= 0.3 is 0 Å². The minimum absolute atomic E-state index is 0.0756. The number of ether oxygens (including phenoxy) is 1. The molecule has 1 aliphatic rings. The summed E-state index contributed by atoms with van der Waals surface area (Å²) in [5, 5.41) is 5.48. The highest BCUT2D eigenvalue weighted by molar-refractivity contribution is 5.97. The molecule has 4 N–H and O–H groups in total. The maximum Gasteiger partial charge on any atom is 0.231 e. The zero-order valence-corrected chi connectivity index (χ0v) is 12.1. The molecule has 0 fully saturated rings. The lowest BCUT2D eigenvalue weighted by Gasteiger charge is -2.14. The molecule has 0 radical (unpaired) electrons. The first-order chi connectivity index (χ1) is 9.99. The van der Waals surface area contributed by atoms with E-state index in [1.165, 1.54) is 14.0 Å². The van der Waals surface area contributed by atoms with Gasteiger partial charge < -0.3 is 21.1 Å². The number of hydrogen-bond acceptors (Lipinski definition) is 4. The van der Waals surface area contributed by atoms with E-state index in [1.54, 1.807) is 18.2 Å². The molecular formula is C15H19N3O3. The van der Waals surface area contributed by atoms with Crippen molar-refractivity contribution < 1.29 is 14.3 Å². The zero-order valence-electron chi connectivity index (χ0n) is 12.1. The standard InChI is InChI=1S/C15H19N3O3/c1-9(19)17-12-5-6-14(21-2)13(8-12)18-15(20)10-3-4-11(16)7-10/h3-6,8,10-11H,7,16H2,1-2H3,(H,17,19)(H,18,20). The van der Waals surface area contributed by atoms with Crippen LogP contribution in [-0.4, -0.2) is 25.0 Å². The Morgan fingerprint density at radius 3 is 2.62 bits per heavy atom. The van der Waals surface area contributed by atoms with Crippen LogP contribution in [0.4, 0.5) is 11.4 Å². The summed E-state index contributed by atoms with van der Waals surface area (Å²) in [5.41, 5.74) is 6.86. The fourth-order valence-corrected chi connectivity index (χ4v) is 2.23. The van der Waals surface area contributed by atoms with Crippen molar-refractivity contribution in [2.45, 2.75) is 19.4 Å². The van der Waals surface area contributed by atoms with Crippen LogP contribution in [0.3, 0.4) is 0 Å². The van der Waals surface area contributed by atoms with Crippen LogP contribution in [0.15, 0.2) is 30.4 Å². The van der Waals surface area contributed by atoms with Crippen molar-refractivity contribution >= 4 is 23.2 Å². The number of anilines is 2. The van der Waals surface area contributed by atoms with Gasteiger partial charge in [0.15, 0.2) is 0 Å². The third kappa shape index (κ3) is 3.82. The Kier molecular flexibility index (Phi) is 4.59. The molecule has 1 aromatic carbocycles. The Labute approximate surface area is 123 Å². The quantitative estimate of drug-likeness (QED) is 0.732. The molecule has 2 rings (SSSR count). The van der Waals surface area contributed by atoms with Gasteiger partial charge in [0, 0.05) is 18.7 Å². The van der Waals surface area contributed by atoms with Crippen molar-refractivity contribution in [3.63, 3.8) is 0 Å². The van der Waals surface area contributed by atoms with Gasteiger partial charge in [-0.05, 0) is 24.6 Å². The normalized spacial score (nSPS) is 20.1. The van der Waals surface area contributed by atoms with E-state index in [0.29, 0.717) is 23.5 Å². The highest BCUT2D eigenvalue weighted by Gasteiger charge is 2.23. The summed E-state index contributed by atoms with van der Waals surface area (Å²) in [5.74, 6) is -0.0301. The summed E-state index contributed by atoms with van der Waals surface area (Å²) in [6.45, 7) is 1.42. The average Bonchev–Trinajstić information content (AvgIpc) is 2.85. The maximum atomic E-state index is 12.2. The summed E-state index contributed by atoms with van der Waals surface area (Å²) < 4.78 is 5.22. The van der Waals surface area contributed by atoms with Crippen molar-refractivity contribution in [2.75, 3.05) is 17.7 Å². The van der Waals surface area contributed by atoms with Crippen molar-refractivity contribution in [2.24, 2.45) is 11.7 Å². The van der Waals surface area contributed by atoms with Gasteiger partial charge in [-0.25, -0.2) is 0 Å². The molecule has 6 nitrogen and oxygen atoms in total. The molecule has 112 valence electrons. The summed E-state index contributed by atoms with van der Waals surface area (Å²) in [4.78, 5) is 23.3. The molecule has 21 heavy (non-hydrogen) atoms. The third-order valence-corrected chi connectivity index (χ3v) is 3.23. The minimum Gasteiger partial charge on any atom is -0.495 e. The van der Waals surface area contributed by atoms with Gasteiger partial charge in [-0.2, -0.15) is 0 Å².